The molecule has 1 aliphatic carbocycles. The van der Waals surface area contributed by atoms with E-state index < -0.39 is 18.2 Å². The van der Waals surface area contributed by atoms with E-state index in [1.165, 1.54) is 6.20 Å². The van der Waals surface area contributed by atoms with Crippen LogP contribution in [0.2, 0.25) is 5.15 Å². The molecule has 6 rings (SSSR count). The molecule has 2 atom stereocenters. The number of ether oxygens (including phenoxy) is 1. The Labute approximate surface area is 195 Å². The van der Waals surface area contributed by atoms with Crippen LogP contribution in [0, 0.1) is 11.2 Å². The first-order valence-electron chi connectivity index (χ1n) is 11.8. The van der Waals surface area contributed by atoms with Crippen molar-refractivity contribution in [2.24, 2.45) is 5.41 Å². The Morgan fingerprint density at radius 3 is 2.73 bits per heavy atom. The minimum Gasteiger partial charge on any atom is -0.461 e. The number of nitrogens with zero attached hydrogens (tertiary/aromatic N) is 5. The third kappa shape index (κ3) is 3.62. The SMILES string of the molecule is Fc1c(Cl)ncc2c(N3CCCC4(CC(F)C4)C3)nc(OC[C@@]34CCCN3C[C@H](F)C4)nc12. The highest BCUT2D eigenvalue weighted by molar-refractivity contribution is 6.30. The van der Waals surface area contributed by atoms with Crippen LogP contribution < -0.4 is 9.64 Å². The zero-order chi connectivity index (χ0) is 22.8. The van der Waals surface area contributed by atoms with Gasteiger partial charge in [0, 0.05) is 32.3 Å². The lowest BCUT2D eigenvalue weighted by Gasteiger charge is -2.50. The summed E-state index contributed by atoms with van der Waals surface area (Å²) < 4.78 is 48.8. The molecule has 0 aromatic carbocycles. The third-order valence-corrected chi connectivity index (χ3v) is 8.37. The van der Waals surface area contributed by atoms with Crippen molar-refractivity contribution in [2.75, 3.05) is 37.7 Å². The van der Waals surface area contributed by atoms with Crippen LogP contribution in [0.5, 0.6) is 6.01 Å². The molecule has 2 aromatic rings. The average Bonchev–Trinajstić information content (AvgIpc) is 3.29. The van der Waals surface area contributed by atoms with E-state index in [0.29, 0.717) is 43.6 Å². The van der Waals surface area contributed by atoms with Crippen molar-refractivity contribution in [1.82, 2.24) is 19.9 Å². The normalized spacial score (nSPS) is 34.1. The van der Waals surface area contributed by atoms with Gasteiger partial charge < -0.3 is 9.64 Å². The number of hydrogen-bond acceptors (Lipinski definition) is 6. The predicted octanol–water partition coefficient (Wildman–Crippen LogP) is 4.49. The fraction of sp³-hybridized carbons (Fsp3) is 0.696. The van der Waals surface area contributed by atoms with Crippen molar-refractivity contribution in [2.45, 2.75) is 62.8 Å². The molecule has 0 unspecified atom stereocenters. The molecule has 33 heavy (non-hydrogen) atoms. The minimum atomic E-state index is -0.865. The summed E-state index contributed by atoms with van der Waals surface area (Å²) >= 11 is 5.95. The summed E-state index contributed by atoms with van der Waals surface area (Å²) in [5, 5.41) is 0.201. The molecule has 3 aliphatic heterocycles. The van der Waals surface area contributed by atoms with E-state index in [1.54, 1.807) is 0 Å². The van der Waals surface area contributed by atoms with Crippen molar-refractivity contribution in [3.63, 3.8) is 0 Å². The largest absolute Gasteiger partial charge is 0.461 e. The fourth-order valence-electron chi connectivity index (χ4n) is 6.55. The number of rotatable bonds is 4. The van der Waals surface area contributed by atoms with Crippen LogP contribution in [0.3, 0.4) is 0 Å². The van der Waals surface area contributed by atoms with Gasteiger partial charge in [-0.25, -0.2) is 18.2 Å². The molecule has 1 saturated carbocycles. The van der Waals surface area contributed by atoms with Gasteiger partial charge in [0.1, 0.15) is 30.3 Å². The summed E-state index contributed by atoms with van der Waals surface area (Å²) in [7, 11) is 0. The van der Waals surface area contributed by atoms with E-state index in [2.05, 4.69) is 24.8 Å². The monoisotopic (exact) mass is 481 g/mol. The standard InChI is InChI=1S/C23H27ClF3N5O/c24-19-17(27)18-16(10-28-19)20(31-5-1-3-22(12-31)7-14(25)8-22)30-21(29-18)33-13-23-4-2-6-32(23)11-15(26)9-23/h10,14-15H,1-9,11-13H2/t14?,15-,22?,23+/m1/s1. The average molecular weight is 482 g/mol. The van der Waals surface area contributed by atoms with Gasteiger partial charge in [-0.15, -0.1) is 0 Å². The Balaban J connectivity index is 1.34. The molecule has 0 amide bonds. The number of alkyl halides is 2. The highest BCUT2D eigenvalue weighted by atomic mass is 35.5. The second-order valence-electron chi connectivity index (χ2n) is 10.3. The van der Waals surface area contributed by atoms with Gasteiger partial charge in [-0.05, 0) is 50.5 Å². The number of halogens is 4. The van der Waals surface area contributed by atoms with E-state index in [9.17, 15) is 13.2 Å². The zero-order valence-corrected chi connectivity index (χ0v) is 19.1. The van der Waals surface area contributed by atoms with Gasteiger partial charge in [-0.1, -0.05) is 11.6 Å². The van der Waals surface area contributed by atoms with E-state index in [1.807, 2.05) is 0 Å². The van der Waals surface area contributed by atoms with E-state index in [0.717, 1.165) is 38.8 Å². The van der Waals surface area contributed by atoms with Gasteiger partial charge in [0.15, 0.2) is 11.0 Å². The molecule has 1 spiro atoms. The van der Waals surface area contributed by atoms with Crippen molar-refractivity contribution < 1.29 is 17.9 Å². The summed E-state index contributed by atoms with van der Waals surface area (Å²) in [4.78, 5) is 17.2. The molecule has 4 fully saturated rings. The van der Waals surface area contributed by atoms with E-state index >= 15 is 0 Å². The van der Waals surface area contributed by atoms with Crippen LogP contribution in [0.25, 0.3) is 10.9 Å². The Morgan fingerprint density at radius 1 is 1.09 bits per heavy atom. The summed E-state index contributed by atoms with van der Waals surface area (Å²) in [6.07, 6.45) is 5.16. The highest BCUT2D eigenvalue weighted by Gasteiger charge is 2.50. The molecular weight excluding hydrogens is 455 g/mol. The third-order valence-electron chi connectivity index (χ3n) is 8.10. The number of hydrogen-bond donors (Lipinski definition) is 0. The second kappa shape index (κ2) is 7.83. The zero-order valence-electron chi connectivity index (χ0n) is 18.4. The lowest BCUT2D eigenvalue weighted by atomic mass is 9.63. The molecule has 10 heteroatoms. The number of fused-ring (bicyclic) bond motifs is 2. The van der Waals surface area contributed by atoms with Crippen LogP contribution in [0.15, 0.2) is 6.20 Å². The van der Waals surface area contributed by atoms with Gasteiger partial charge in [0.05, 0.1) is 10.9 Å². The number of piperidine rings is 1. The minimum absolute atomic E-state index is 0.0544. The Bertz CT molecular complexity index is 1080. The van der Waals surface area contributed by atoms with Crippen LogP contribution in [-0.4, -0.2) is 70.5 Å². The maximum atomic E-state index is 14.9. The summed E-state index contributed by atoms with van der Waals surface area (Å²) in [6, 6.07) is 0.0544. The lowest BCUT2D eigenvalue weighted by Crippen LogP contribution is -2.51. The van der Waals surface area contributed by atoms with E-state index in [4.69, 9.17) is 16.3 Å². The Hall–Kier alpha value is -1.87. The van der Waals surface area contributed by atoms with E-state index in [-0.39, 0.29) is 34.2 Å². The first-order chi connectivity index (χ1) is 15.9. The first-order valence-corrected chi connectivity index (χ1v) is 12.2. The van der Waals surface area contributed by atoms with Crippen LogP contribution in [-0.2, 0) is 0 Å². The van der Waals surface area contributed by atoms with Gasteiger partial charge in [0.2, 0.25) is 0 Å². The van der Waals surface area contributed by atoms with Gasteiger partial charge in [0.25, 0.3) is 0 Å². The molecule has 3 saturated heterocycles. The summed E-state index contributed by atoms with van der Waals surface area (Å²) in [6.45, 7) is 2.93. The highest BCUT2D eigenvalue weighted by Crippen LogP contribution is 2.50. The maximum Gasteiger partial charge on any atom is 0.319 e. The second-order valence-corrected chi connectivity index (χ2v) is 10.7. The topological polar surface area (TPSA) is 54.4 Å². The van der Waals surface area contributed by atoms with Crippen molar-refractivity contribution in [1.29, 1.82) is 0 Å². The lowest BCUT2D eigenvalue weighted by molar-refractivity contribution is 0.0132. The molecule has 2 aromatic heterocycles. The summed E-state index contributed by atoms with van der Waals surface area (Å²) in [5.74, 6) is -0.179. The molecule has 0 radical (unpaired) electrons. The van der Waals surface area contributed by atoms with Gasteiger partial charge in [-0.3, -0.25) is 4.90 Å². The smallest absolute Gasteiger partial charge is 0.319 e. The molecular formula is C23H27ClF3N5O. The Morgan fingerprint density at radius 2 is 1.91 bits per heavy atom. The molecule has 178 valence electrons. The molecule has 0 N–H and O–H groups in total. The summed E-state index contributed by atoms with van der Waals surface area (Å²) in [5.41, 5.74) is -0.358. The number of pyridine rings is 1. The van der Waals surface area contributed by atoms with Gasteiger partial charge in [-0.2, -0.15) is 9.97 Å². The van der Waals surface area contributed by atoms with Crippen LogP contribution in [0.4, 0.5) is 19.0 Å². The molecule has 5 heterocycles. The number of aromatic nitrogens is 3. The molecule has 6 nitrogen and oxygen atoms in total. The molecule has 4 aliphatic rings. The van der Waals surface area contributed by atoms with Crippen molar-refractivity contribution in [3.8, 4) is 6.01 Å². The molecule has 0 bridgehead atoms. The fourth-order valence-corrected chi connectivity index (χ4v) is 6.69. The maximum absolute atomic E-state index is 14.9. The van der Waals surface area contributed by atoms with Crippen LogP contribution >= 0.6 is 11.6 Å². The Kier molecular flexibility index (Phi) is 5.14. The van der Waals surface area contributed by atoms with Crippen molar-refractivity contribution >= 4 is 28.3 Å². The number of anilines is 1. The van der Waals surface area contributed by atoms with Crippen molar-refractivity contribution in [3.05, 3.63) is 17.2 Å². The first kappa shape index (κ1) is 21.6. The van der Waals surface area contributed by atoms with Crippen LogP contribution in [0.1, 0.15) is 44.9 Å². The van der Waals surface area contributed by atoms with Gasteiger partial charge >= 0.3 is 6.01 Å². The quantitative estimate of drug-likeness (QED) is 0.600. The predicted molar refractivity (Wildman–Crippen MR) is 119 cm³/mol.